The van der Waals surface area contributed by atoms with Gasteiger partial charge >= 0.3 is 0 Å². The lowest BCUT2D eigenvalue weighted by molar-refractivity contribution is -0.135. The zero-order valence-corrected chi connectivity index (χ0v) is 26.4. The average molecular weight is 665 g/mol. The predicted octanol–water partition coefficient (Wildman–Crippen LogP) is 5.76. The molecule has 2 aliphatic rings. The Bertz CT molecular complexity index is 1880. The molecule has 0 bridgehead atoms. The maximum absolute atomic E-state index is 14.9. The molecule has 0 aliphatic carbocycles. The van der Waals surface area contributed by atoms with Crippen molar-refractivity contribution in [3.63, 3.8) is 0 Å². The summed E-state index contributed by atoms with van der Waals surface area (Å²) >= 11 is 12.9. The Morgan fingerprint density at radius 3 is 2.52 bits per heavy atom. The minimum absolute atomic E-state index is 0.0742. The minimum Gasteiger partial charge on any atom is -0.324 e. The highest BCUT2D eigenvalue weighted by Gasteiger charge is 2.42. The van der Waals surface area contributed by atoms with E-state index in [1.165, 1.54) is 31.3 Å². The zero-order chi connectivity index (χ0) is 32.6. The van der Waals surface area contributed by atoms with Crippen molar-refractivity contribution in [1.82, 2.24) is 25.5 Å². The molecule has 1 atom stereocenters. The van der Waals surface area contributed by atoms with Crippen molar-refractivity contribution in [2.75, 3.05) is 32.5 Å². The molecule has 1 saturated heterocycles. The summed E-state index contributed by atoms with van der Waals surface area (Å²) in [5, 5.41) is 9.92. The Hall–Kier alpha value is -4.29. The number of nitrogens with one attached hydrogen (secondary N) is 3. The monoisotopic (exact) mass is 663 g/mol. The van der Waals surface area contributed by atoms with Crippen LogP contribution in [0.15, 0.2) is 65.8 Å². The predicted molar refractivity (Wildman–Crippen MR) is 174 cm³/mol. The van der Waals surface area contributed by atoms with Crippen LogP contribution in [0.4, 0.5) is 20.4 Å². The van der Waals surface area contributed by atoms with Crippen molar-refractivity contribution < 1.29 is 18.4 Å². The molecule has 0 radical (unpaired) electrons. The van der Waals surface area contributed by atoms with Gasteiger partial charge in [0.2, 0.25) is 5.95 Å². The van der Waals surface area contributed by atoms with E-state index >= 15 is 0 Å². The van der Waals surface area contributed by atoms with Gasteiger partial charge in [-0.3, -0.25) is 19.5 Å². The van der Waals surface area contributed by atoms with Gasteiger partial charge in [-0.25, -0.2) is 18.7 Å². The van der Waals surface area contributed by atoms with E-state index < -0.39 is 23.1 Å². The first-order valence-electron chi connectivity index (χ1n) is 14.6. The maximum Gasteiger partial charge on any atom is 0.261 e. The number of carbonyl (C=O) groups excluding carboxylic acids is 2. The standard InChI is InChI=1S/C33H29Cl2F2N7O2/c1-38-33(11-4-12-39-17-33)31(46)44(2)30(45)22-10-8-20(14-24(22)35)42-32-41-16-18-15-40-29(27-25(36)5-3-6-26(27)37)23-13-19(34)7-9-21(23)28(18)43-32/h3,5-10,13-14,16,38-39H,4,11-12,15,17H2,1-2H3,(H,41,42,43). The molecule has 1 aromatic heterocycles. The summed E-state index contributed by atoms with van der Waals surface area (Å²) in [6.07, 6.45) is 3.00. The van der Waals surface area contributed by atoms with Gasteiger partial charge in [0.25, 0.3) is 11.8 Å². The van der Waals surface area contributed by atoms with E-state index in [1.54, 1.807) is 43.6 Å². The van der Waals surface area contributed by atoms with Crippen LogP contribution in [0.25, 0.3) is 11.3 Å². The van der Waals surface area contributed by atoms with Crippen molar-refractivity contribution in [3.8, 4) is 11.3 Å². The zero-order valence-electron chi connectivity index (χ0n) is 24.9. The van der Waals surface area contributed by atoms with E-state index in [9.17, 15) is 18.4 Å². The first kappa shape index (κ1) is 31.7. The Labute approximate surface area is 274 Å². The molecule has 0 spiro atoms. The average Bonchev–Trinajstić information content (AvgIpc) is 3.20. The highest BCUT2D eigenvalue weighted by Crippen LogP contribution is 2.35. The van der Waals surface area contributed by atoms with Crippen molar-refractivity contribution >= 4 is 52.4 Å². The van der Waals surface area contributed by atoms with Gasteiger partial charge in [-0.2, -0.15) is 0 Å². The van der Waals surface area contributed by atoms with Crippen molar-refractivity contribution in [2.45, 2.75) is 24.9 Å². The number of nitrogens with zero attached hydrogens (tertiary/aromatic N) is 4. The van der Waals surface area contributed by atoms with Crippen LogP contribution in [0.3, 0.4) is 0 Å². The number of amides is 2. The lowest BCUT2D eigenvalue weighted by Gasteiger charge is -2.38. The van der Waals surface area contributed by atoms with E-state index in [2.05, 4.69) is 25.9 Å². The summed E-state index contributed by atoms with van der Waals surface area (Å²) < 4.78 is 29.7. The number of halogens is 4. The molecule has 46 heavy (non-hydrogen) atoms. The van der Waals surface area contributed by atoms with Crippen LogP contribution in [0.2, 0.25) is 10.0 Å². The molecule has 3 N–H and O–H groups in total. The van der Waals surface area contributed by atoms with Crippen LogP contribution in [-0.2, 0) is 11.3 Å². The van der Waals surface area contributed by atoms with Gasteiger partial charge in [-0.05, 0) is 68.9 Å². The van der Waals surface area contributed by atoms with Gasteiger partial charge in [0.15, 0.2) is 0 Å². The molecule has 0 saturated carbocycles. The van der Waals surface area contributed by atoms with E-state index in [1.807, 2.05) is 0 Å². The molecule has 1 unspecified atom stereocenters. The summed E-state index contributed by atoms with van der Waals surface area (Å²) in [5.41, 5.74) is 1.80. The van der Waals surface area contributed by atoms with Crippen molar-refractivity contribution in [1.29, 1.82) is 0 Å². The van der Waals surface area contributed by atoms with Gasteiger partial charge in [-0.15, -0.1) is 0 Å². The van der Waals surface area contributed by atoms with Crippen LogP contribution in [-0.4, -0.2) is 65.1 Å². The SMILES string of the molecule is CNC1(C(=O)N(C)C(=O)c2ccc(Nc3ncc4c(n3)-c3ccc(Cl)cc3C(c3c(F)cccc3F)=NC4)cc2Cl)CCCNC1. The molecule has 2 aliphatic heterocycles. The van der Waals surface area contributed by atoms with Gasteiger partial charge in [0.05, 0.1) is 34.1 Å². The molecule has 1 fully saturated rings. The molecular weight excluding hydrogens is 635 g/mol. The molecule has 236 valence electrons. The largest absolute Gasteiger partial charge is 0.324 e. The second kappa shape index (κ2) is 12.8. The van der Waals surface area contributed by atoms with E-state index in [0.29, 0.717) is 46.1 Å². The number of imide groups is 1. The van der Waals surface area contributed by atoms with Crippen LogP contribution in [0.5, 0.6) is 0 Å². The number of piperidine rings is 1. The molecule has 13 heteroatoms. The lowest BCUT2D eigenvalue weighted by atomic mass is 9.88. The third-order valence-corrected chi connectivity index (χ3v) is 8.85. The molecule has 4 aromatic rings. The van der Waals surface area contributed by atoms with E-state index in [-0.39, 0.29) is 40.3 Å². The van der Waals surface area contributed by atoms with E-state index in [4.69, 9.17) is 28.2 Å². The fourth-order valence-corrected chi connectivity index (χ4v) is 6.25. The van der Waals surface area contributed by atoms with Gasteiger partial charge < -0.3 is 16.0 Å². The van der Waals surface area contributed by atoms with Crippen LogP contribution in [0, 0.1) is 11.6 Å². The second-order valence-corrected chi connectivity index (χ2v) is 12.0. The van der Waals surface area contributed by atoms with Crippen LogP contribution >= 0.6 is 23.2 Å². The van der Waals surface area contributed by atoms with Gasteiger partial charge in [-0.1, -0.05) is 35.3 Å². The lowest BCUT2D eigenvalue weighted by Crippen LogP contribution is -2.64. The molecular formula is C33H29Cl2F2N7O2. The fourth-order valence-electron chi connectivity index (χ4n) is 5.82. The third kappa shape index (κ3) is 5.87. The number of aromatic nitrogens is 2. The molecule has 3 heterocycles. The quantitative estimate of drug-likeness (QED) is 0.225. The number of benzene rings is 3. The number of aliphatic imine (C=N–C) groups is 1. The van der Waals surface area contributed by atoms with Crippen LogP contribution in [0.1, 0.15) is 39.9 Å². The normalized spacial score (nSPS) is 17.3. The summed E-state index contributed by atoms with van der Waals surface area (Å²) in [5.74, 6) is -2.14. The number of rotatable bonds is 6. The van der Waals surface area contributed by atoms with Crippen molar-refractivity contribution in [2.24, 2.45) is 4.99 Å². The summed E-state index contributed by atoms with van der Waals surface area (Å²) in [7, 11) is 3.16. The second-order valence-electron chi connectivity index (χ2n) is 11.1. The Balaban J connectivity index is 1.27. The highest BCUT2D eigenvalue weighted by molar-refractivity contribution is 6.34. The summed E-state index contributed by atoms with van der Waals surface area (Å²) in [6, 6.07) is 13.4. The third-order valence-electron chi connectivity index (χ3n) is 8.30. The van der Waals surface area contributed by atoms with Gasteiger partial charge in [0.1, 0.15) is 17.2 Å². The Kier molecular flexibility index (Phi) is 8.84. The smallest absolute Gasteiger partial charge is 0.261 e. The van der Waals surface area contributed by atoms with Gasteiger partial charge in [0, 0.05) is 47.2 Å². The number of likely N-dealkylation sites (N-methyl/N-ethyl adjacent to an activating group) is 2. The molecule has 3 aromatic carbocycles. The van der Waals surface area contributed by atoms with Crippen LogP contribution < -0.4 is 16.0 Å². The summed E-state index contributed by atoms with van der Waals surface area (Å²) in [6.45, 7) is 1.30. The van der Waals surface area contributed by atoms with Crippen molar-refractivity contribution in [3.05, 3.63) is 105 Å². The number of fused-ring (bicyclic) bond motifs is 3. The fraction of sp³-hybridized carbons (Fsp3) is 0.242. The first-order valence-corrected chi connectivity index (χ1v) is 15.3. The number of hydrogen-bond donors (Lipinski definition) is 3. The van der Waals surface area contributed by atoms with E-state index in [0.717, 1.165) is 17.9 Å². The summed E-state index contributed by atoms with van der Waals surface area (Å²) in [4.78, 5) is 41.5. The maximum atomic E-state index is 14.9. The topological polar surface area (TPSA) is 112 Å². The molecule has 9 nitrogen and oxygen atoms in total. The Morgan fingerprint density at radius 2 is 1.83 bits per heavy atom. The highest BCUT2D eigenvalue weighted by atomic mass is 35.5. The number of hydrogen-bond acceptors (Lipinski definition) is 8. The Morgan fingerprint density at radius 1 is 1.04 bits per heavy atom. The molecule has 6 rings (SSSR count). The minimum atomic E-state index is -0.877. The number of anilines is 2. The first-order chi connectivity index (χ1) is 22.1. The number of carbonyl (C=O) groups is 2. The molecule has 2 amide bonds.